The molecule has 0 amide bonds. The minimum absolute atomic E-state index is 0.0825. The first-order valence-corrected chi connectivity index (χ1v) is 7.41. The van der Waals surface area contributed by atoms with Gasteiger partial charge in [0, 0.05) is 5.56 Å². The summed E-state index contributed by atoms with van der Waals surface area (Å²) in [6.07, 6.45) is -3.05. The van der Waals surface area contributed by atoms with Crippen LogP contribution in [0.25, 0.3) is 10.5 Å². The van der Waals surface area contributed by atoms with Gasteiger partial charge in [-0.3, -0.25) is 0 Å². The summed E-state index contributed by atoms with van der Waals surface area (Å²) >= 11 is 9.35. The Balaban J connectivity index is 2.33. The largest absolute Gasteiger partial charge is 0.416 e. The van der Waals surface area contributed by atoms with E-state index in [1.807, 2.05) is 0 Å². The molecule has 2 heterocycles. The van der Waals surface area contributed by atoms with Crippen LogP contribution in [-0.4, -0.2) is 9.78 Å². The van der Waals surface area contributed by atoms with Crippen molar-refractivity contribution in [1.82, 2.24) is 9.78 Å². The summed E-state index contributed by atoms with van der Waals surface area (Å²) in [7, 11) is 0. The smallest absolute Gasteiger partial charge is 0.358 e. The van der Waals surface area contributed by atoms with E-state index in [1.54, 1.807) is 0 Å². The molecular formula is C14H7BrClF3N4. The van der Waals surface area contributed by atoms with Gasteiger partial charge in [-0.05, 0) is 17.2 Å². The van der Waals surface area contributed by atoms with Crippen molar-refractivity contribution in [2.45, 2.75) is 12.2 Å². The highest BCUT2D eigenvalue weighted by Crippen LogP contribution is 2.45. The third-order valence-electron chi connectivity index (χ3n) is 3.41. The van der Waals surface area contributed by atoms with Gasteiger partial charge in [-0.25, -0.2) is 0 Å². The third-order valence-corrected chi connectivity index (χ3v) is 4.43. The summed E-state index contributed by atoms with van der Waals surface area (Å²) in [6.45, 7) is 10.7. The van der Waals surface area contributed by atoms with Gasteiger partial charge in [-0.2, -0.15) is 13.2 Å². The zero-order valence-corrected chi connectivity index (χ0v) is 13.6. The number of hydrogen-bond donors (Lipinski definition) is 1. The van der Waals surface area contributed by atoms with E-state index in [9.17, 15) is 13.2 Å². The van der Waals surface area contributed by atoms with E-state index < -0.39 is 17.8 Å². The molecule has 0 saturated carbocycles. The molecule has 0 spiro atoms. The number of fused-ring (bicyclic) bond motifs is 3. The van der Waals surface area contributed by atoms with Crippen LogP contribution in [0.1, 0.15) is 17.2 Å². The Hall–Kier alpha value is -1.98. The Bertz CT molecular complexity index is 866. The van der Waals surface area contributed by atoms with E-state index in [-0.39, 0.29) is 10.8 Å². The normalized spacial score (nSPS) is 16.1. The monoisotopic (exact) mass is 402 g/mol. The quantitative estimate of drug-likeness (QED) is 0.503. The molecule has 1 N–H and O–H groups in total. The summed E-state index contributed by atoms with van der Waals surface area (Å²) in [5.74, 6) is 0.522. The zero-order chi connectivity index (χ0) is 16.9. The van der Waals surface area contributed by atoms with E-state index in [0.717, 1.165) is 12.1 Å². The van der Waals surface area contributed by atoms with Crippen LogP contribution in [0, 0.1) is 6.57 Å². The number of benzene rings is 1. The lowest BCUT2D eigenvalue weighted by Crippen LogP contribution is -2.22. The molecule has 0 fully saturated rings. The number of anilines is 1. The molecule has 1 aliphatic rings. The summed E-state index contributed by atoms with van der Waals surface area (Å²) in [4.78, 5) is 3.27. The van der Waals surface area contributed by atoms with Crippen molar-refractivity contribution in [1.29, 1.82) is 0 Å². The standard InChI is InChI=1S/C14H7BrClF3N4/c1-3-9-7-4-6(14(17,18)19)5-8(16)11(7)23-13(21-9)10(15)12(20-2)22-23/h3-5,9,21H,1H2. The Kier molecular flexibility index (Phi) is 3.65. The van der Waals surface area contributed by atoms with Crippen LogP contribution in [-0.2, 0) is 6.18 Å². The predicted octanol–water partition coefficient (Wildman–Crippen LogP) is 5.51. The summed E-state index contributed by atoms with van der Waals surface area (Å²) in [5.41, 5.74) is -0.261. The lowest BCUT2D eigenvalue weighted by Gasteiger charge is -2.26. The summed E-state index contributed by atoms with van der Waals surface area (Å²) in [5, 5.41) is 6.98. The maximum absolute atomic E-state index is 13.0. The molecule has 0 radical (unpaired) electrons. The van der Waals surface area contributed by atoms with E-state index in [0.29, 0.717) is 21.5 Å². The molecule has 0 aliphatic carbocycles. The summed E-state index contributed by atoms with van der Waals surface area (Å²) in [6, 6.07) is 1.27. The van der Waals surface area contributed by atoms with Crippen molar-refractivity contribution < 1.29 is 13.2 Å². The highest BCUT2D eigenvalue weighted by molar-refractivity contribution is 9.10. The Labute approximate surface area is 142 Å². The Morgan fingerprint density at radius 1 is 1.48 bits per heavy atom. The molecule has 9 heteroatoms. The first-order valence-electron chi connectivity index (χ1n) is 6.24. The molecule has 23 heavy (non-hydrogen) atoms. The van der Waals surface area contributed by atoms with Gasteiger partial charge in [0.05, 0.1) is 21.1 Å². The van der Waals surface area contributed by atoms with Crippen molar-refractivity contribution >= 4 is 39.2 Å². The van der Waals surface area contributed by atoms with Gasteiger partial charge in [-0.1, -0.05) is 40.2 Å². The number of halogens is 5. The van der Waals surface area contributed by atoms with Gasteiger partial charge in [0.2, 0.25) is 0 Å². The van der Waals surface area contributed by atoms with E-state index in [4.69, 9.17) is 18.2 Å². The minimum atomic E-state index is -4.52. The fourth-order valence-corrected chi connectivity index (χ4v) is 3.16. The van der Waals surface area contributed by atoms with E-state index in [1.165, 1.54) is 10.8 Å². The van der Waals surface area contributed by atoms with Crippen molar-refractivity contribution in [2.75, 3.05) is 5.32 Å². The molecular weight excluding hydrogens is 397 g/mol. The first-order chi connectivity index (χ1) is 10.8. The topological polar surface area (TPSA) is 34.2 Å². The molecule has 1 unspecified atom stereocenters. The van der Waals surface area contributed by atoms with Crippen LogP contribution in [0.2, 0.25) is 5.02 Å². The summed E-state index contributed by atoms with van der Waals surface area (Å²) < 4.78 is 40.8. The molecule has 1 aliphatic heterocycles. The van der Waals surface area contributed by atoms with E-state index in [2.05, 4.69) is 37.8 Å². The van der Waals surface area contributed by atoms with E-state index >= 15 is 0 Å². The van der Waals surface area contributed by atoms with Gasteiger partial charge < -0.3 is 10.2 Å². The van der Waals surface area contributed by atoms with Gasteiger partial charge in [0.1, 0.15) is 5.69 Å². The maximum Gasteiger partial charge on any atom is 0.416 e. The van der Waals surface area contributed by atoms with Crippen molar-refractivity contribution in [2.24, 2.45) is 0 Å². The van der Waals surface area contributed by atoms with Crippen LogP contribution >= 0.6 is 27.5 Å². The van der Waals surface area contributed by atoms with Crippen LogP contribution in [0.3, 0.4) is 0 Å². The van der Waals surface area contributed by atoms with Crippen molar-refractivity contribution in [3.8, 4) is 5.69 Å². The van der Waals surface area contributed by atoms with Crippen LogP contribution in [0.15, 0.2) is 29.3 Å². The molecule has 2 aromatic rings. The fraction of sp³-hybridized carbons (Fsp3) is 0.143. The van der Waals surface area contributed by atoms with Gasteiger partial charge in [0.25, 0.3) is 0 Å². The Morgan fingerprint density at radius 2 is 2.17 bits per heavy atom. The van der Waals surface area contributed by atoms with Gasteiger partial charge >= 0.3 is 12.0 Å². The van der Waals surface area contributed by atoms with Crippen LogP contribution in [0.5, 0.6) is 0 Å². The highest BCUT2D eigenvalue weighted by Gasteiger charge is 2.36. The number of hydrogen-bond acceptors (Lipinski definition) is 2. The number of aromatic nitrogens is 2. The van der Waals surface area contributed by atoms with Gasteiger partial charge in [-0.15, -0.1) is 11.3 Å². The second-order valence-corrected chi connectivity index (χ2v) is 5.96. The molecule has 1 atom stereocenters. The highest BCUT2D eigenvalue weighted by atomic mass is 79.9. The number of nitrogens with zero attached hydrogens (tertiary/aromatic N) is 3. The number of alkyl halides is 3. The van der Waals surface area contributed by atoms with Crippen molar-refractivity contribution in [3.63, 3.8) is 0 Å². The molecule has 0 saturated heterocycles. The third kappa shape index (κ3) is 2.40. The Morgan fingerprint density at radius 3 is 2.74 bits per heavy atom. The second-order valence-electron chi connectivity index (χ2n) is 4.76. The lowest BCUT2D eigenvalue weighted by molar-refractivity contribution is -0.137. The SMILES string of the molecule is [C-]#[N+]c1nn2c(c1Br)NC(C=C)c1cc(C(F)(F)F)cc(Cl)c1-2. The molecule has 3 rings (SSSR count). The van der Waals surface area contributed by atoms with Crippen molar-refractivity contribution in [3.05, 3.63) is 56.8 Å². The fourth-order valence-electron chi connectivity index (χ4n) is 2.40. The second kappa shape index (κ2) is 5.28. The number of rotatable bonds is 1. The number of nitrogens with one attached hydrogen (secondary N) is 1. The first kappa shape index (κ1) is 15.9. The van der Waals surface area contributed by atoms with Crippen LogP contribution in [0.4, 0.5) is 24.8 Å². The van der Waals surface area contributed by atoms with Gasteiger partial charge in [0.15, 0.2) is 5.82 Å². The molecule has 0 bridgehead atoms. The maximum atomic E-state index is 13.0. The zero-order valence-electron chi connectivity index (χ0n) is 11.2. The average molecular weight is 404 g/mol. The molecule has 1 aromatic carbocycles. The molecule has 1 aromatic heterocycles. The molecule has 118 valence electrons. The average Bonchev–Trinajstić information content (AvgIpc) is 2.81. The van der Waals surface area contributed by atoms with Crippen LogP contribution < -0.4 is 5.32 Å². The minimum Gasteiger partial charge on any atom is -0.358 e. The molecule has 4 nitrogen and oxygen atoms in total. The lowest BCUT2D eigenvalue weighted by atomic mass is 9.99. The predicted molar refractivity (Wildman–Crippen MR) is 84.1 cm³/mol.